The molecule has 2 N–H and O–H groups in total. The van der Waals surface area contributed by atoms with Gasteiger partial charge in [0.2, 0.25) is 5.69 Å². The van der Waals surface area contributed by atoms with Crippen LogP contribution in [0.5, 0.6) is 11.5 Å². The Bertz CT molecular complexity index is 3920. The van der Waals surface area contributed by atoms with Crippen LogP contribution >= 0.6 is 0 Å². The lowest BCUT2D eigenvalue weighted by molar-refractivity contribution is -0.437. The summed E-state index contributed by atoms with van der Waals surface area (Å²) in [5, 5.41) is 23.9. The normalized spacial score (nSPS) is 18.1. The third-order valence-corrected chi connectivity index (χ3v) is 20.7. The number of phenolic OH excluding ortho intramolecular Hbond substituents is 1. The van der Waals surface area contributed by atoms with Gasteiger partial charge in [-0.25, -0.2) is 16.8 Å². The van der Waals surface area contributed by atoms with Crippen molar-refractivity contribution in [1.82, 2.24) is 0 Å². The van der Waals surface area contributed by atoms with Gasteiger partial charge in [0.05, 0.1) is 44.3 Å². The molecule has 0 fully saturated rings. The summed E-state index contributed by atoms with van der Waals surface area (Å²) in [5.74, 6) is 0.231. The van der Waals surface area contributed by atoms with E-state index in [1.807, 2.05) is 50.2 Å². The lowest BCUT2D eigenvalue weighted by Crippen LogP contribution is -2.30. The van der Waals surface area contributed by atoms with Crippen LogP contribution in [0.15, 0.2) is 168 Å². The molecule has 2 heterocycles. The van der Waals surface area contributed by atoms with Crippen LogP contribution < -0.4 is 9.64 Å². The molecule has 89 heavy (non-hydrogen) atoms. The molecule has 0 aromatic heterocycles. The van der Waals surface area contributed by atoms with Crippen molar-refractivity contribution in [2.75, 3.05) is 49.3 Å². The molecule has 6 aromatic rings. The Kier molecular flexibility index (Phi) is 21.3. The third kappa shape index (κ3) is 15.7. The minimum atomic E-state index is -4.43. The fraction of sp³-hybridized carbons (Fsp3) is 0.432. The van der Waals surface area contributed by atoms with E-state index in [0.717, 1.165) is 125 Å². The molecule has 0 amide bonds. The Balaban J connectivity index is 0.998. The number of aliphatic hydroxyl groups is 1. The van der Waals surface area contributed by atoms with E-state index in [1.165, 1.54) is 22.3 Å². The van der Waals surface area contributed by atoms with Crippen molar-refractivity contribution >= 4 is 64.8 Å². The summed E-state index contributed by atoms with van der Waals surface area (Å²) in [7, 11) is -8.86. The van der Waals surface area contributed by atoms with Crippen molar-refractivity contribution in [2.45, 2.75) is 155 Å². The van der Waals surface area contributed by atoms with Crippen molar-refractivity contribution in [3.05, 3.63) is 190 Å². The highest BCUT2D eigenvalue weighted by Crippen LogP contribution is 2.52. The molecule has 3 aliphatic rings. The van der Waals surface area contributed by atoms with Gasteiger partial charge in [-0.1, -0.05) is 119 Å². The van der Waals surface area contributed by atoms with Crippen molar-refractivity contribution in [3.63, 3.8) is 0 Å². The number of anilines is 1. The number of rotatable bonds is 29. The number of allylic oxidation sites excluding steroid dienone is 8. The monoisotopic (exact) mass is 1250 g/mol. The molecule has 9 rings (SSSR count). The molecular weight excluding hydrogens is 1160 g/mol. The van der Waals surface area contributed by atoms with Gasteiger partial charge in [-0.3, -0.25) is 4.79 Å². The fourth-order valence-corrected chi connectivity index (χ4v) is 15.1. The molecule has 474 valence electrons. The van der Waals surface area contributed by atoms with Crippen molar-refractivity contribution in [3.8, 4) is 11.5 Å². The van der Waals surface area contributed by atoms with E-state index in [4.69, 9.17) is 9.47 Å². The van der Waals surface area contributed by atoms with Crippen LogP contribution in [0.25, 0.3) is 21.5 Å². The summed E-state index contributed by atoms with van der Waals surface area (Å²) in [4.78, 5) is 15.3. The van der Waals surface area contributed by atoms with Gasteiger partial charge in [0, 0.05) is 59.0 Å². The average Bonchev–Trinajstić information content (AvgIpc) is 1.60. The molecule has 13 nitrogen and oxygen atoms in total. The molecule has 0 saturated carbocycles. The lowest BCUT2D eigenvalue weighted by atomic mass is 9.77. The number of carbonyl (C=O) groups excluding carboxylic acids is 1. The number of carbonyl (C=O) groups is 1. The topological polar surface area (TPSA) is 197 Å². The molecule has 0 saturated heterocycles. The summed E-state index contributed by atoms with van der Waals surface area (Å²) in [6.07, 6.45) is 18.1. The van der Waals surface area contributed by atoms with Crippen molar-refractivity contribution in [2.24, 2.45) is 5.41 Å². The number of aliphatic hydroxyl groups excluding tert-OH is 1. The summed E-state index contributed by atoms with van der Waals surface area (Å²) in [5.41, 5.74) is 10.7. The largest absolute Gasteiger partial charge is 0.748 e. The molecule has 6 aromatic carbocycles. The Labute approximate surface area is 528 Å². The SMILES string of the molecule is CCC(CCC(CCC(C)(CC)C(=O)OCCO)c1ccc(O)cc1)c1ccc(OCCCC2=C(/C=C/C3=[N+](CCCS(=O)(=O)[O-])c4ccc5ccccc5c4C3(C)C)CCC/C2=C\C=C2\N(CCCS(=O)(=O)[O-])c3ccc4ccccc4c3C2(C)C)cc1. The van der Waals surface area contributed by atoms with E-state index < -0.39 is 48.0 Å². The number of phenols is 1. The summed E-state index contributed by atoms with van der Waals surface area (Å²) in [6.45, 7) is 16.0. The van der Waals surface area contributed by atoms with Gasteiger partial charge in [-0.15, -0.1) is 0 Å². The lowest BCUT2D eigenvalue weighted by Gasteiger charge is -2.29. The molecule has 0 bridgehead atoms. The number of ether oxygens (including phenoxy) is 2. The zero-order valence-corrected chi connectivity index (χ0v) is 54.6. The first kappa shape index (κ1) is 66.5. The van der Waals surface area contributed by atoms with Crippen LogP contribution in [0.4, 0.5) is 11.4 Å². The van der Waals surface area contributed by atoms with Gasteiger partial charge < -0.3 is 33.7 Å². The molecule has 2 aliphatic heterocycles. The van der Waals surface area contributed by atoms with Crippen LogP contribution in [0, 0.1) is 5.41 Å². The summed E-state index contributed by atoms with van der Waals surface area (Å²) < 4.78 is 85.8. The van der Waals surface area contributed by atoms with E-state index >= 15 is 0 Å². The molecule has 0 spiro atoms. The first-order valence-electron chi connectivity index (χ1n) is 31.9. The molecule has 1 aliphatic carbocycles. The molecule has 15 heteroatoms. The Morgan fingerprint density at radius 1 is 0.719 bits per heavy atom. The number of hydrogen-bond acceptors (Lipinski definition) is 12. The Hall–Kier alpha value is -6.88. The smallest absolute Gasteiger partial charge is 0.311 e. The van der Waals surface area contributed by atoms with E-state index in [-0.39, 0.29) is 49.6 Å². The zero-order chi connectivity index (χ0) is 63.7. The maximum Gasteiger partial charge on any atom is 0.311 e. The van der Waals surface area contributed by atoms with Gasteiger partial charge >= 0.3 is 5.97 Å². The fourth-order valence-electron chi connectivity index (χ4n) is 14.1. The standard InChI is InChI=1S/C74H90N2O11S2/c1-8-52(25-26-55(54-27-35-60(78)36-28-54)43-44-74(7,9-2)71(79)87-49-47-77)53-29-37-61(38-30-53)86-48-15-24-62-56(33-41-67-72(3,4)69-63-22-12-10-18-58(63)31-39-65(69)75(67)45-16-50-88(80,81)82)20-14-21-57(62)34-42-68-73(5,6)70-64-23-13-11-19-59(64)32-40-66(70)76(68)46-17-51-89(83,84)85/h10-13,18-19,22-23,27-42,52,55,77H,8-9,14-17,20-21,24-26,43-51H2,1-7H3,(H2-,78,80,81,82,83,84,85)/p-1. The Morgan fingerprint density at radius 2 is 1.35 bits per heavy atom. The number of esters is 1. The second-order valence-electron chi connectivity index (χ2n) is 25.8. The third-order valence-electron chi connectivity index (χ3n) is 19.2. The van der Waals surface area contributed by atoms with E-state index in [0.29, 0.717) is 32.5 Å². The van der Waals surface area contributed by atoms with Crippen LogP contribution in [-0.4, -0.2) is 96.8 Å². The Morgan fingerprint density at radius 3 is 2.01 bits per heavy atom. The van der Waals surface area contributed by atoms with Gasteiger partial charge in [-0.2, -0.15) is 4.58 Å². The predicted molar refractivity (Wildman–Crippen MR) is 356 cm³/mol. The first-order valence-corrected chi connectivity index (χ1v) is 35.1. The van der Waals surface area contributed by atoms with Gasteiger partial charge in [0.25, 0.3) is 0 Å². The molecule has 3 atom stereocenters. The average molecular weight is 1250 g/mol. The number of nitrogens with zero attached hydrogens (tertiary/aromatic N) is 2. The summed E-state index contributed by atoms with van der Waals surface area (Å²) >= 11 is 0. The molecule has 3 unspecified atom stereocenters. The number of fused-ring (bicyclic) bond motifs is 6. The number of benzene rings is 6. The van der Waals surface area contributed by atoms with Crippen LogP contribution in [0.2, 0.25) is 0 Å². The van der Waals surface area contributed by atoms with Gasteiger partial charge in [0.1, 0.15) is 24.7 Å². The quantitative estimate of drug-likeness (QED) is 0.0195. The molecular formula is C74H89N2O11S2-. The van der Waals surface area contributed by atoms with E-state index in [1.54, 1.807) is 12.1 Å². The van der Waals surface area contributed by atoms with Crippen LogP contribution in [-0.2, 0) is 40.6 Å². The summed E-state index contributed by atoms with van der Waals surface area (Å²) in [6, 6.07) is 41.0. The maximum atomic E-state index is 13.1. The highest BCUT2D eigenvalue weighted by molar-refractivity contribution is 7.85. The maximum absolute atomic E-state index is 13.1. The van der Waals surface area contributed by atoms with Crippen LogP contribution in [0.3, 0.4) is 0 Å². The van der Waals surface area contributed by atoms with E-state index in [9.17, 15) is 40.9 Å². The van der Waals surface area contributed by atoms with Gasteiger partial charge in [0.15, 0.2) is 5.71 Å². The zero-order valence-electron chi connectivity index (χ0n) is 52.9. The van der Waals surface area contributed by atoms with Crippen molar-refractivity contribution in [1.29, 1.82) is 0 Å². The van der Waals surface area contributed by atoms with Crippen LogP contribution in [0.1, 0.15) is 166 Å². The number of hydrogen-bond donors (Lipinski definition) is 2. The van der Waals surface area contributed by atoms with Crippen molar-refractivity contribution < 1.29 is 55.0 Å². The second-order valence-corrected chi connectivity index (χ2v) is 28.8. The number of aromatic hydroxyl groups is 1. The van der Waals surface area contributed by atoms with E-state index in [2.05, 4.69) is 141 Å². The highest BCUT2D eigenvalue weighted by atomic mass is 32.2. The molecule has 0 radical (unpaired) electrons. The second kappa shape index (κ2) is 28.5. The highest BCUT2D eigenvalue weighted by Gasteiger charge is 2.46. The minimum Gasteiger partial charge on any atom is -0.748 e. The minimum absolute atomic E-state index is 0.0185. The first-order chi connectivity index (χ1) is 42.5. The predicted octanol–water partition coefficient (Wildman–Crippen LogP) is 15.2. The van der Waals surface area contributed by atoms with Gasteiger partial charge in [-0.05, 0) is 207 Å².